The number of nitrogens with one attached hydrogen (secondary N) is 2. The Labute approximate surface area is 188 Å². The summed E-state index contributed by atoms with van der Waals surface area (Å²) in [6.07, 6.45) is 1.86. The number of sulfonamides is 1. The summed E-state index contributed by atoms with van der Waals surface area (Å²) in [5.41, 5.74) is 0.651. The van der Waals surface area contributed by atoms with Crippen molar-refractivity contribution in [2.75, 3.05) is 0 Å². The van der Waals surface area contributed by atoms with Crippen molar-refractivity contribution in [1.82, 2.24) is 14.9 Å². The number of carbonyl (C=O) groups is 2. The third-order valence-electron chi connectivity index (χ3n) is 4.65. The molecule has 0 bridgehead atoms. The molecule has 0 spiro atoms. The second kappa shape index (κ2) is 9.25. The molecular weight excluding hydrogens is 468 g/mol. The maximum atomic E-state index is 13.2. The van der Waals surface area contributed by atoms with Crippen molar-refractivity contribution in [2.45, 2.75) is 30.3 Å². The van der Waals surface area contributed by atoms with Gasteiger partial charge in [0.05, 0.1) is 22.5 Å². The third-order valence-corrected chi connectivity index (χ3v) is 7.41. The Hall–Kier alpha value is -2.62. The summed E-state index contributed by atoms with van der Waals surface area (Å²) in [6.45, 7) is 1.69. The first-order valence-electron chi connectivity index (χ1n) is 9.10. The second-order valence-electron chi connectivity index (χ2n) is 6.77. The second-order valence-corrected chi connectivity index (χ2v) is 9.37. The molecule has 0 saturated heterocycles. The lowest BCUT2D eigenvalue weighted by Gasteiger charge is -2.31. The third kappa shape index (κ3) is 5.00. The van der Waals surface area contributed by atoms with E-state index in [-0.39, 0.29) is 14.9 Å². The molecule has 0 fully saturated rings. The van der Waals surface area contributed by atoms with E-state index in [0.717, 1.165) is 16.7 Å². The van der Waals surface area contributed by atoms with Crippen LogP contribution >= 0.6 is 23.2 Å². The Morgan fingerprint density at radius 2 is 1.90 bits per heavy atom. The molecule has 2 aromatic rings. The van der Waals surface area contributed by atoms with Gasteiger partial charge in [-0.2, -0.15) is 0 Å². The average Bonchev–Trinajstić information content (AvgIpc) is 2.71. The van der Waals surface area contributed by atoms with Gasteiger partial charge in [-0.3, -0.25) is 13.9 Å². The Balaban J connectivity index is 1.82. The highest BCUT2D eigenvalue weighted by Crippen LogP contribution is 2.32. The molecule has 0 saturated carbocycles. The summed E-state index contributed by atoms with van der Waals surface area (Å²) in [6, 6.07) is 7.86. The molecular formula is C20H18Cl2FN3O4S. The SMILES string of the molecule is C[C@@H](NC(=O)C[C@@H]1C(=O)NC=CN1S(=O)(=O)c1cccc(Cl)c1Cl)c1ccc(F)cc1. The number of rotatable bonds is 6. The molecule has 11 heteroatoms. The van der Waals surface area contributed by atoms with Crippen LogP contribution in [-0.2, 0) is 19.6 Å². The highest BCUT2D eigenvalue weighted by atomic mass is 35.5. The number of hydrogen-bond donors (Lipinski definition) is 2. The van der Waals surface area contributed by atoms with Gasteiger partial charge in [-0.15, -0.1) is 0 Å². The van der Waals surface area contributed by atoms with Crippen molar-refractivity contribution in [3.63, 3.8) is 0 Å². The van der Waals surface area contributed by atoms with Crippen molar-refractivity contribution < 1.29 is 22.4 Å². The van der Waals surface area contributed by atoms with Crippen LogP contribution in [-0.4, -0.2) is 30.6 Å². The monoisotopic (exact) mass is 485 g/mol. The van der Waals surface area contributed by atoms with E-state index in [9.17, 15) is 22.4 Å². The van der Waals surface area contributed by atoms with Gasteiger partial charge in [-0.25, -0.2) is 12.8 Å². The van der Waals surface area contributed by atoms with E-state index in [2.05, 4.69) is 10.6 Å². The molecule has 2 N–H and O–H groups in total. The molecule has 2 amide bonds. The van der Waals surface area contributed by atoms with Gasteiger partial charge in [0, 0.05) is 12.4 Å². The van der Waals surface area contributed by atoms with E-state index in [0.29, 0.717) is 5.56 Å². The van der Waals surface area contributed by atoms with Crippen molar-refractivity contribution in [3.8, 4) is 0 Å². The van der Waals surface area contributed by atoms with Gasteiger partial charge in [-0.05, 0) is 36.8 Å². The Bertz CT molecular complexity index is 1140. The van der Waals surface area contributed by atoms with Crippen LogP contribution in [0.25, 0.3) is 0 Å². The number of benzene rings is 2. The molecule has 7 nitrogen and oxygen atoms in total. The van der Waals surface area contributed by atoms with Crippen molar-refractivity contribution in [3.05, 3.63) is 76.3 Å². The van der Waals surface area contributed by atoms with Crippen LogP contribution < -0.4 is 10.6 Å². The summed E-state index contributed by atoms with van der Waals surface area (Å²) in [4.78, 5) is 24.7. The first kappa shape index (κ1) is 23.1. The van der Waals surface area contributed by atoms with Crippen LogP contribution in [0.15, 0.2) is 59.8 Å². The van der Waals surface area contributed by atoms with E-state index in [1.54, 1.807) is 6.92 Å². The van der Waals surface area contributed by atoms with Gasteiger partial charge >= 0.3 is 0 Å². The minimum Gasteiger partial charge on any atom is -0.350 e. The number of amides is 2. The largest absolute Gasteiger partial charge is 0.350 e. The molecule has 1 heterocycles. The number of carbonyl (C=O) groups excluding carboxylic acids is 2. The van der Waals surface area contributed by atoms with Gasteiger partial charge in [0.1, 0.15) is 16.8 Å². The number of nitrogens with zero attached hydrogens (tertiary/aromatic N) is 1. The molecule has 0 aliphatic carbocycles. The quantitative estimate of drug-likeness (QED) is 0.655. The van der Waals surface area contributed by atoms with Gasteiger partial charge in [-0.1, -0.05) is 41.4 Å². The van der Waals surface area contributed by atoms with Crippen LogP contribution in [0.4, 0.5) is 4.39 Å². The molecule has 2 atom stereocenters. The molecule has 2 aromatic carbocycles. The molecule has 3 rings (SSSR count). The minimum absolute atomic E-state index is 0.0376. The molecule has 0 radical (unpaired) electrons. The average molecular weight is 486 g/mol. The topological polar surface area (TPSA) is 95.6 Å². The van der Waals surface area contributed by atoms with Gasteiger partial charge in [0.15, 0.2) is 0 Å². The molecule has 31 heavy (non-hydrogen) atoms. The lowest BCUT2D eigenvalue weighted by Crippen LogP contribution is -2.51. The fourth-order valence-electron chi connectivity index (χ4n) is 3.05. The Kier molecular flexibility index (Phi) is 6.88. The highest BCUT2D eigenvalue weighted by Gasteiger charge is 2.38. The smallest absolute Gasteiger partial charge is 0.266 e. The van der Waals surface area contributed by atoms with Crippen molar-refractivity contribution in [2.24, 2.45) is 0 Å². The fraction of sp³-hybridized carbons (Fsp3) is 0.200. The van der Waals surface area contributed by atoms with Crippen LogP contribution in [0, 0.1) is 5.82 Å². The van der Waals surface area contributed by atoms with Crippen LogP contribution in [0.1, 0.15) is 24.9 Å². The zero-order valence-electron chi connectivity index (χ0n) is 16.2. The fourth-order valence-corrected chi connectivity index (χ4v) is 5.24. The highest BCUT2D eigenvalue weighted by molar-refractivity contribution is 7.89. The Morgan fingerprint density at radius 1 is 1.23 bits per heavy atom. The van der Waals surface area contributed by atoms with E-state index in [4.69, 9.17) is 23.2 Å². The molecule has 164 valence electrons. The maximum Gasteiger partial charge on any atom is 0.266 e. The molecule has 0 aromatic heterocycles. The Morgan fingerprint density at radius 3 is 2.58 bits per heavy atom. The molecule has 0 unspecified atom stereocenters. The van der Waals surface area contributed by atoms with Gasteiger partial charge in [0.25, 0.3) is 10.0 Å². The predicted molar refractivity (Wildman–Crippen MR) is 114 cm³/mol. The normalized spacial score (nSPS) is 17.2. The number of halogens is 3. The summed E-state index contributed by atoms with van der Waals surface area (Å²) >= 11 is 12.0. The van der Waals surface area contributed by atoms with Crippen LogP contribution in [0.2, 0.25) is 10.0 Å². The first-order chi connectivity index (χ1) is 14.6. The van der Waals surface area contributed by atoms with E-state index < -0.39 is 46.2 Å². The van der Waals surface area contributed by atoms with Gasteiger partial charge < -0.3 is 10.6 Å². The zero-order chi connectivity index (χ0) is 22.8. The van der Waals surface area contributed by atoms with E-state index in [1.165, 1.54) is 42.5 Å². The molecule has 1 aliphatic heterocycles. The lowest BCUT2D eigenvalue weighted by molar-refractivity contribution is -0.129. The van der Waals surface area contributed by atoms with Crippen LogP contribution in [0.3, 0.4) is 0 Å². The lowest BCUT2D eigenvalue weighted by atomic mass is 10.1. The summed E-state index contributed by atoms with van der Waals surface area (Å²) in [5, 5.41) is 4.94. The van der Waals surface area contributed by atoms with E-state index in [1.807, 2.05) is 0 Å². The summed E-state index contributed by atoms with van der Waals surface area (Å²) in [5.74, 6) is -1.65. The van der Waals surface area contributed by atoms with E-state index >= 15 is 0 Å². The summed E-state index contributed by atoms with van der Waals surface area (Å²) < 4.78 is 40.2. The number of hydrogen-bond acceptors (Lipinski definition) is 4. The minimum atomic E-state index is -4.28. The predicted octanol–water partition coefficient (Wildman–Crippen LogP) is 3.36. The molecule has 1 aliphatic rings. The van der Waals surface area contributed by atoms with Crippen LogP contribution in [0.5, 0.6) is 0 Å². The van der Waals surface area contributed by atoms with Gasteiger partial charge in [0.2, 0.25) is 11.8 Å². The van der Waals surface area contributed by atoms with Crippen molar-refractivity contribution in [1.29, 1.82) is 0 Å². The maximum absolute atomic E-state index is 13.2. The zero-order valence-corrected chi connectivity index (χ0v) is 18.5. The standard InChI is InChI=1S/C20H18Cl2FN3O4S/c1-12(13-5-7-14(23)8-6-13)25-18(27)11-16-20(28)24-9-10-26(16)31(29,30)17-4-2-3-15(21)19(17)22/h2-10,12,16H,11H2,1H3,(H,24,28)(H,25,27)/t12-,16-/m1/s1. The first-order valence-corrected chi connectivity index (χ1v) is 11.3. The summed E-state index contributed by atoms with van der Waals surface area (Å²) in [7, 11) is -4.28. The van der Waals surface area contributed by atoms with Crippen molar-refractivity contribution >= 4 is 45.0 Å².